The molecule has 0 aliphatic carbocycles. The van der Waals surface area contributed by atoms with Crippen molar-refractivity contribution in [2.75, 3.05) is 0 Å². The molecule has 0 saturated heterocycles. The molecule has 2 aromatic heterocycles. The minimum atomic E-state index is 0. The fraction of sp³-hybridized carbons (Fsp3) is 0.400. The fourth-order valence-electron chi connectivity index (χ4n) is 1.48. The number of rotatable bonds is 2. The van der Waals surface area contributed by atoms with Crippen LogP contribution in [0.4, 0.5) is 0 Å². The molecule has 1 N–H and O–H groups in total. The van der Waals surface area contributed by atoms with E-state index in [-0.39, 0.29) is 1.43 Å². The Kier molecular flexibility index (Phi) is 2.00. The second-order valence-electron chi connectivity index (χ2n) is 3.69. The lowest BCUT2D eigenvalue weighted by atomic mass is 10.1. The summed E-state index contributed by atoms with van der Waals surface area (Å²) >= 11 is 0. The van der Waals surface area contributed by atoms with Gasteiger partial charge in [0.2, 0.25) is 0 Å². The largest absolute Gasteiger partial charge is 0.281 e. The van der Waals surface area contributed by atoms with Crippen molar-refractivity contribution < 1.29 is 1.43 Å². The number of nitrogens with one attached hydrogen (secondary N) is 1. The van der Waals surface area contributed by atoms with Crippen LogP contribution in [0.15, 0.2) is 18.5 Å². The fourth-order valence-corrected chi connectivity index (χ4v) is 1.48. The summed E-state index contributed by atoms with van der Waals surface area (Å²) in [5, 5.41) is 8.44. The summed E-state index contributed by atoms with van der Waals surface area (Å²) in [6.45, 7) is 4.40. The van der Waals surface area contributed by atoms with Crippen LogP contribution in [0, 0.1) is 5.92 Å². The molecule has 0 atom stereocenters. The highest BCUT2D eigenvalue weighted by Gasteiger charge is 2.05. The molecule has 0 saturated carbocycles. The van der Waals surface area contributed by atoms with E-state index in [2.05, 4.69) is 29.0 Å². The van der Waals surface area contributed by atoms with E-state index >= 15 is 0 Å². The maximum absolute atomic E-state index is 4.18. The molecule has 70 valence electrons. The van der Waals surface area contributed by atoms with E-state index in [0.717, 1.165) is 11.9 Å². The Morgan fingerprint density at radius 3 is 3.15 bits per heavy atom. The summed E-state index contributed by atoms with van der Waals surface area (Å²) in [6.07, 6.45) is 4.64. The lowest BCUT2D eigenvalue weighted by Crippen LogP contribution is -1.94. The van der Waals surface area contributed by atoms with Crippen LogP contribution in [0.25, 0.3) is 10.9 Å². The van der Waals surface area contributed by atoms with Gasteiger partial charge in [0.05, 0.1) is 6.20 Å². The molecule has 0 amide bonds. The molecule has 0 aliphatic rings. The maximum atomic E-state index is 4.18. The molecular formula is C10H15N3. The second-order valence-corrected chi connectivity index (χ2v) is 3.69. The molecule has 2 rings (SSSR count). The number of nitrogens with zero attached hydrogens (tertiary/aromatic N) is 2. The summed E-state index contributed by atoms with van der Waals surface area (Å²) in [5.74, 6) is 0.650. The van der Waals surface area contributed by atoms with Crippen molar-refractivity contribution in [2.45, 2.75) is 20.3 Å². The first kappa shape index (κ1) is 8.23. The molecule has 0 spiro atoms. The van der Waals surface area contributed by atoms with Gasteiger partial charge in [0, 0.05) is 18.7 Å². The lowest BCUT2D eigenvalue weighted by Gasteiger charge is -2.00. The Morgan fingerprint density at radius 1 is 1.54 bits per heavy atom. The summed E-state index contributed by atoms with van der Waals surface area (Å²) in [4.78, 5) is 4.02. The Hall–Kier alpha value is -1.38. The van der Waals surface area contributed by atoms with Gasteiger partial charge in [-0.2, -0.15) is 5.10 Å². The standard InChI is InChI=1S/C10H13N3.H2/c1-7(2)5-9-8-3-4-11-6-10(8)13-12-9;/h3-4,6-7H,5H2,1-2H3,(H,12,13);1H. The SMILES string of the molecule is CC(C)Cc1[nH]nc2cnccc12.[HH]. The monoisotopic (exact) mass is 177 g/mol. The smallest absolute Gasteiger partial charge is 0.111 e. The summed E-state index contributed by atoms with van der Waals surface area (Å²) in [5.41, 5.74) is 2.17. The molecule has 0 radical (unpaired) electrons. The van der Waals surface area contributed by atoms with Crippen LogP contribution >= 0.6 is 0 Å². The van der Waals surface area contributed by atoms with Crippen LogP contribution < -0.4 is 0 Å². The predicted molar refractivity (Wildman–Crippen MR) is 54.5 cm³/mol. The number of aromatic amines is 1. The normalized spacial score (nSPS) is 11.3. The van der Waals surface area contributed by atoms with Gasteiger partial charge in [-0.1, -0.05) is 13.8 Å². The van der Waals surface area contributed by atoms with Gasteiger partial charge >= 0.3 is 0 Å². The van der Waals surface area contributed by atoms with E-state index in [9.17, 15) is 0 Å². The van der Waals surface area contributed by atoms with Crippen LogP contribution in [0.2, 0.25) is 0 Å². The van der Waals surface area contributed by atoms with Crippen molar-refractivity contribution >= 4 is 10.9 Å². The average Bonchev–Trinajstić information content (AvgIpc) is 2.48. The van der Waals surface area contributed by atoms with Crippen molar-refractivity contribution in [1.82, 2.24) is 15.2 Å². The third-order valence-corrected chi connectivity index (χ3v) is 2.05. The molecule has 0 bridgehead atoms. The van der Waals surface area contributed by atoms with Gasteiger partial charge in [-0.15, -0.1) is 0 Å². The topological polar surface area (TPSA) is 41.6 Å². The first-order valence-corrected chi connectivity index (χ1v) is 4.54. The minimum Gasteiger partial charge on any atom is -0.281 e. The van der Waals surface area contributed by atoms with E-state index in [1.54, 1.807) is 6.20 Å². The quantitative estimate of drug-likeness (QED) is 0.765. The number of aromatic nitrogens is 3. The van der Waals surface area contributed by atoms with Gasteiger partial charge in [0.15, 0.2) is 0 Å². The van der Waals surface area contributed by atoms with Crippen LogP contribution in [-0.2, 0) is 6.42 Å². The van der Waals surface area contributed by atoms with Crippen molar-refractivity contribution in [3.05, 3.63) is 24.2 Å². The Balaban J connectivity index is 0.000000980. The van der Waals surface area contributed by atoms with Crippen molar-refractivity contribution in [1.29, 1.82) is 0 Å². The third kappa shape index (κ3) is 1.54. The van der Waals surface area contributed by atoms with Gasteiger partial charge < -0.3 is 0 Å². The van der Waals surface area contributed by atoms with E-state index in [0.29, 0.717) is 5.92 Å². The highest BCUT2D eigenvalue weighted by Crippen LogP contribution is 2.16. The molecule has 0 aliphatic heterocycles. The van der Waals surface area contributed by atoms with Crippen LogP contribution in [-0.4, -0.2) is 15.2 Å². The van der Waals surface area contributed by atoms with Crippen LogP contribution in [0.3, 0.4) is 0 Å². The zero-order chi connectivity index (χ0) is 9.26. The van der Waals surface area contributed by atoms with Gasteiger partial charge in [-0.05, 0) is 18.4 Å². The molecule has 2 aromatic rings. The van der Waals surface area contributed by atoms with Gasteiger partial charge in [0.25, 0.3) is 0 Å². The lowest BCUT2D eigenvalue weighted by molar-refractivity contribution is 0.636. The van der Waals surface area contributed by atoms with E-state index < -0.39 is 0 Å². The first-order valence-electron chi connectivity index (χ1n) is 4.54. The predicted octanol–water partition coefficient (Wildman–Crippen LogP) is 2.40. The van der Waals surface area contributed by atoms with E-state index in [1.807, 2.05) is 12.3 Å². The molecule has 0 aromatic carbocycles. The number of H-pyrrole nitrogens is 1. The van der Waals surface area contributed by atoms with Crippen LogP contribution in [0.1, 0.15) is 21.0 Å². The Labute approximate surface area is 78.7 Å². The summed E-state index contributed by atoms with van der Waals surface area (Å²) in [7, 11) is 0. The minimum absolute atomic E-state index is 0. The van der Waals surface area contributed by atoms with Crippen LogP contribution in [0.5, 0.6) is 0 Å². The molecule has 0 fully saturated rings. The summed E-state index contributed by atoms with van der Waals surface area (Å²) < 4.78 is 0. The molecule has 2 heterocycles. The third-order valence-electron chi connectivity index (χ3n) is 2.05. The van der Waals surface area contributed by atoms with E-state index in [4.69, 9.17) is 0 Å². The number of fused-ring (bicyclic) bond motifs is 1. The zero-order valence-corrected chi connectivity index (χ0v) is 7.91. The average molecular weight is 177 g/mol. The number of hydrogen-bond acceptors (Lipinski definition) is 2. The Bertz CT molecular complexity index is 408. The number of pyridine rings is 1. The van der Waals surface area contributed by atoms with Crippen molar-refractivity contribution in [3.63, 3.8) is 0 Å². The highest BCUT2D eigenvalue weighted by molar-refractivity contribution is 5.80. The summed E-state index contributed by atoms with van der Waals surface area (Å²) in [6, 6.07) is 2.01. The van der Waals surface area contributed by atoms with E-state index in [1.165, 1.54) is 11.1 Å². The van der Waals surface area contributed by atoms with Gasteiger partial charge in [-0.25, -0.2) is 0 Å². The maximum Gasteiger partial charge on any atom is 0.111 e. The molecule has 13 heavy (non-hydrogen) atoms. The first-order chi connectivity index (χ1) is 6.27. The molecule has 3 heteroatoms. The molecular weight excluding hydrogens is 162 g/mol. The highest BCUT2D eigenvalue weighted by atomic mass is 15.1. The number of hydrogen-bond donors (Lipinski definition) is 1. The van der Waals surface area contributed by atoms with Gasteiger partial charge in [-0.3, -0.25) is 10.1 Å². The second kappa shape index (κ2) is 3.17. The van der Waals surface area contributed by atoms with Crippen molar-refractivity contribution in [3.8, 4) is 0 Å². The Morgan fingerprint density at radius 2 is 2.38 bits per heavy atom. The van der Waals surface area contributed by atoms with Crippen molar-refractivity contribution in [2.24, 2.45) is 5.92 Å². The zero-order valence-electron chi connectivity index (χ0n) is 7.91. The molecule has 0 unspecified atom stereocenters. The van der Waals surface area contributed by atoms with Gasteiger partial charge in [0.1, 0.15) is 5.52 Å². The molecule has 3 nitrogen and oxygen atoms in total.